The van der Waals surface area contributed by atoms with E-state index in [2.05, 4.69) is 22.4 Å². The Labute approximate surface area is 164 Å². The zero-order valence-electron chi connectivity index (χ0n) is 16.1. The van der Waals surface area contributed by atoms with Crippen LogP contribution in [0.25, 0.3) is 10.2 Å². The summed E-state index contributed by atoms with van der Waals surface area (Å²) in [4.78, 5) is 16.9. The third-order valence-electron chi connectivity index (χ3n) is 4.61. The molecule has 0 aliphatic heterocycles. The molecule has 142 valence electrons. The minimum absolute atomic E-state index is 0.0726. The summed E-state index contributed by atoms with van der Waals surface area (Å²) in [5.41, 5.74) is 3.24. The van der Waals surface area contributed by atoms with Gasteiger partial charge in [0.1, 0.15) is 5.75 Å². The maximum atomic E-state index is 12.3. The third-order valence-corrected chi connectivity index (χ3v) is 5.71. The van der Waals surface area contributed by atoms with Crippen molar-refractivity contribution in [2.45, 2.75) is 45.6 Å². The number of hydrogen-bond acceptors (Lipinski definition) is 4. The molecule has 0 bridgehead atoms. The maximum Gasteiger partial charge on any atom is 0.220 e. The summed E-state index contributed by atoms with van der Waals surface area (Å²) in [7, 11) is 1.66. The summed E-state index contributed by atoms with van der Waals surface area (Å²) in [6, 6.07) is 14.2. The highest BCUT2D eigenvalue weighted by Gasteiger charge is 2.14. The molecule has 5 heteroatoms. The Morgan fingerprint density at radius 1 is 1.22 bits per heavy atom. The SMILES string of the molecule is COc1ccc(C)cc1[C@@H](C)NC(=O)CCCCc1nc2ccccc2s1. The molecular formula is C22H26N2O2S. The predicted molar refractivity (Wildman–Crippen MR) is 111 cm³/mol. The van der Waals surface area contributed by atoms with Crippen molar-refractivity contribution in [2.75, 3.05) is 7.11 Å². The first-order valence-corrected chi connectivity index (χ1v) is 10.2. The van der Waals surface area contributed by atoms with Gasteiger partial charge in [-0.05, 0) is 51.3 Å². The molecule has 2 aromatic carbocycles. The lowest BCUT2D eigenvalue weighted by atomic mass is 10.0. The van der Waals surface area contributed by atoms with E-state index in [9.17, 15) is 4.79 Å². The Bertz CT molecular complexity index is 887. The van der Waals surface area contributed by atoms with Crippen molar-refractivity contribution in [2.24, 2.45) is 0 Å². The van der Waals surface area contributed by atoms with Crippen LogP contribution in [0.1, 0.15) is 48.4 Å². The Morgan fingerprint density at radius 2 is 2.04 bits per heavy atom. The highest BCUT2D eigenvalue weighted by atomic mass is 32.1. The number of amides is 1. The molecule has 0 aliphatic carbocycles. The molecule has 3 aromatic rings. The molecule has 0 aliphatic rings. The lowest BCUT2D eigenvalue weighted by molar-refractivity contribution is -0.121. The minimum Gasteiger partial charge on any atom is -0.496 e. The van der Waals surface area contributed by atoms with E-state index in [1.807, 2.05) is 44.2 Å². The van der Waals surface area contributed by atoms with Crippen LogP contribution in [0.2, 0.25) is 0 Å². The zero-order valence-corrected chi connectivity index (χ0v) is 16.9. The molecule has 1 aromatic heterocycles. The summed E-state index contributed by atoms with van der Waals surface area (Å²) in [6.07, 6.45) is 3.28. The van der Waals surface area contributed by atoms with Crippen LogP contribution in [-0.4, -0.2) is 18.0 Å². The number of aryl methyl sites for hydroxylation is 2. The number of methoxy groups -OCH3 is 1. The Morgan fingerprint density at radius 3 is 2.81 bits per heavy atom. The van der Waals surface area contributed by atoms with E-state index in [1.165, 1.54) is 4.70 Å². The molecule has 1 amide bonds. The molecule has 1 heterocycles. The number of unbranched alkanes of at least 4 members (excludes halogenated alkanes) is 1. The monoisotopic (exact) mass is 382 g/mol. The van der Waals surface area contributed by atoms with Crippen LogP contribution in [-0.2, 0) is 11.2 Å². The Kier molecular flexibility index (Phi) is 6.45. The second kappa shape index (κ2) is 9.00. The number of fused-ring (bicyclic) bond motifs is 1. The summed E-state index contributed by atoms with van der Waals surface area (Å²) >= 11 is 1.74. The van der Waals surface area contributed by atoms with Gasteiger partial charge in [-0.2, -0.15) is 0 Å². The van der Waals surface area contributed by atoms with E-state index >= 15 is 0 Å². The molecule has 0 radical (unpaired) electrons. The highest BCUT2D eigenvalue weighted by Crippen LogP contribution is 2.26. The van der Waals surface area contributed by atoms with Gasteiger partial charge in [0.05, 0.1) is 28.4 Å². The molecule has 0 saturated carbocycles. The molecule has 0 fully saturated rings. The largest absolute Gasteiger partial charge is 0.496 e. The number of ether oxygens (including phenoxy) is 1. The fraction of sp³-hybridized carbons (Fsp3) is 0.364. The maximum absolute atomic E-state index is 12.3. The van der Waals surface area contributed by atoms with Gasteiger partial charge in [-0.3, -0.25) is 4.79 Å². The first-order chi connectivity index (χ1) is 13.1. The van der Waals surface area contributed by atoms with Crippen molar-refractivity contribution >= 4 is 27.5 Å². The van der Waals surface area contributed by atoms with Gasteiger partial charge in [0.25, 0.3) is 0 Å². The normalized spacial score (nSPS) is 12.1. The number of nitrogens with one attached hydrogen (secondary N) is 1. The van der Waals surface area contributed by atoms with Crippen LogP contribution in [0.5, 0.6) is 5.75 Å². The van der Waals surface area contributed by atoms with Gasteiger partial charge in [0, 0.05) is 12.0 Å². The molecule has 0 unspecified atom stereocenters. The van der Waals surface area contributed by atoms with Gasteiger partial charge in [-0.25, -0.2) is 4.98 Å². The van der Waals surface area contributed by atoms with E-state index < -0.39 is 0 Å². The number of hydrogen-bond donors (Lipinski definition) is 1. The summed E-state index contributed by atoms with van der Waals surface area (Å²) in [5.74, 6) is 0.889. The van der Waals surface area contributed by atoms with Gasteiger partial charge in [-0.1, -0.05) is 29.8 Å². The van der Waals surface area contributed by atoms with Crippen LogP contribution < -0.4 is 10.1 Å². The topological polar surface area (TPSA) is 51.2 Å². The minimum atomic E-state index is -0.0726. The molecule has 0 saturated heterocycles. The van der Waals surface area contributed by atoms with Crippen LogP contribution >= 0.6 is 11.3 Å². The third kappa shape index (κ3) is 5.07. The number of benzene rings is 2. The van der Waals surface area contributed by atoms with Crippen LogP contribution in [0, 0.1) is 6.92 Å². The fourth-order valence-electron chi connectivity index (χ4n) is 3.17. The van der Waals surface area contributed by atoms with Crippen molar-refractivity contribution in [3.05, 3.63) is 58.6 Å². The first kappa shape index (κ1) is 19.4. The number of nitrogens with zero attached hydrogens (tertiary/aromatic N) is 1. The molecule has 4 nitrogen and oxygen atoms in total. The number of carbonyl (C=O) groups excluding carboxylic acids is 1. The number of aromatic nitrogens is 1. The average molecular weight is 383 g/mol. The number of para-hydroxylation sites is 1. The Balaban J connectivity index is 1.46. The van der Waals surface area contributed by atoms with E-state index in [0.29, 0.717) is 6.42 Å². The van der Waals surface area contributed by atoms with Crippen molar-refractivity contribution in [3.8, 4) is 5.75 Å². The van der Waals surface area contributed by atoms with Gasteiger partial charge >= 0.3 is 0 Å². The predicted octanol–water partition coefficient (Wildman–Crippen LogP) is 5.20. The molecule has 3 rings (SSSR count). The molecular weight excluding hydrogens is 356 g/mol. The zero-order chi connectivity index (χ0) is 19.2. The second-order valence-electron chi connectivity index (χ2n) is 6.82. The van der Waals surface area contributed by atoms with Crippen molar-refractivity contribution < 1.29 is 9.53 Å². The molecule has 27 heavy (non-hydrogen) atoms. The van der Waals surface area contributed by atoms with Crippen molar-refractivity contribution in [1.82, 2.24) is 10.3 Å². The molecule has 1 atom stereocenters. The summed E-state index contributed by atoms with van der Waals surface area (Å²) in [5, 5.41) is 4.23. The number of carbonyl (C=O) groups is 1. The van der Waals surface area contributed by atoms with Crippen molar-refractivity contribution in [3.63, 3.8) is 0 Å². The van der Waals surface area contributed by atoms with Crippen LogP contribution in [0.15, 0.2) is 42.5 Å². The van der Waals surface area contributed by atoms with E-state index in [1.54, 1.807) is 18.4 Å². The van der Waals surface area contributed by atoms with Gasteiger partial charge < -0.3 is 10.1 Å². The van der Waals surface area contributed by atoms with Crippen LogP contribution in [0.4, 0.5) is 0 Å². The number of thiazole rings is 1. The highest BCUT2D eigenvalue weighted by molar-refractivity contribution is 7.18. The molecule has 1 N–H and O–H groups in total. The smallest absolute Gasteiger partial charge is 0.220 e. The lowest BCUT2D eigenvalue weighted by Crippen LogP contribution is -2.26. The van der Waals surface area contributed by atoms with Gasteiger partial charge in [-0.15, -0.1) is 11.3 Å². The second-order valence-corrected chi connectivity index (χ2v) is 7.93. The lowest BCUT2D eigenvalue weighted by Gasteiger charge is -2.18. The van der Waals surface area contributed by atoms with E-state index in [-0.39, 0.29) is 11.9 Å². The van der Waals surface area contributed by atoms with E-state index in [4.69, 9.17) is 4.74 Å². The molecule has 0 spiro atoms. The van der Waals surface area contributed by atoms with Gasteiger partial charge in [0.15, 0.2) is 0 Å². The summed E-state index contributed by atoms with van der Waals surface area (Å²) in [6.45, 7) is 4.04. The number of rotatable bonds is 8. The average Bonchev–Trinajstić information content (AvgIpc) is 3.08. The quantitative estimate of drug-likeness (QED) is 0.545. The summed E-state index contributed by atoms with van der Waals surface area (Å²) < 4.78 is 6.65. The Hall–Kier alpha value is -2.40. The fourth-order valence-corrected chi connectivity index (χ4v) is 4.18. The van der Waals surface area contributed by atoms with Crippen LogP contribution in [0.3, 0.4) is 0 Å². The van der Waals surface area contributed by atoms with Gasteiger partial charge in [0.2, 0.25) is 5.91 Å². The van der Waals surface area contributed by atoms with E-state index in [0.717, 1.165) is 46.7 Å². The van der Waals surface area contributed by atoms with Crippen molar-refractivity contribution in [1.29, 1.82) is 0 Å². The first-order valence-electron chi connectivity index (χ1n) is 9.35. The standard InChI is InChI=1S/C22H26N2O2S/c1-15-12-13-19(26-3)17(14-15)16(2)23-21(25)10-6-7-11-22-24-18-8-4-5-9-20(18)27-22/h4-5,8-9,12-14,16H,6-7,10-11H2,1-3H3,(H,23,25)/t16-/m1/s1.